The van der Waals surface area contributed by atoms with Crippen molar-refractivity contribution in [2.75, 3.05) is 30.7 Å². The van der Waals surface area contributed by atoms with E-state index in [4.69, 9.17) is 11.5 Å². The number of nitrogens with zero attached hydrogens (tertiary/aromatic N) is 1. The van der Waals surface area contributed by atoms with E-state index in [2.05, 4.69) is 5.32 Å². The van der Waals surface area contributed by atoms with Crippen molar-refractivity contribution in [3.05, 3.63) is 24.0 Å². The number of nitrogen functional groups attached to an aromatic ring is 1. The van der Waals surface area contributed by atoms with Crippen molar-refractivity contribution in [3.8, 4) is 0 Å². The first-order chi connectivity index (χ1) is 8.92. The maximum absolute atomic E-state index is 13.0. The Bertz CT molecular complexity index is 479. The quantitative estimate of drug-likeness (QED) is 0.639. The number of anilines is 2. The highest BCUT2D eigenvalue weighted by Gasteiger charge is 2.12. The zero-order chi connectivity index (χ0) is 14.4. The van der Waals surface area contributed by atoms with Crippen molar-refractivity contribution < 1.29 is 14.0 Å². The summed E-state index contributed by atoms with van der Waals surface area (Å²) in [6.07, 6.45) is 0. The van der Waals surface area contributed by atoms with Gasteiger partial charge in [0.25, 0.3) is 0 Å². The third-order valence-corrected chi connectivity index (χ3v) is 2.48. The van der Waals surface area contributed by atoms with E-state index in [1.807, 2.05) is 0 Å². The molecule has 0 atom stereocenters. The van der Waals surface area contributed by atoms with Gasteiger partial charge in [0.2, 0.25) is 11.8 Å². The molecule has 1 aromatic rings. The molecule has 7 heteroatoms. The highest BCUT2D eigenvalue weighted by molar-refractivity contribution is 5.95. The molecule has 1 rings (SSSR count). The normalized spacial score (nSPS) is 10.5. The number of halogens is 1. The number of amides is 2. The summed E-state index contributed by atoms with van der Waals surface area (Å²) in [5.74, 6) is -1.39. The van der Waals surface area contributed by atoms with Crippen LogP contribution in [0.5, 0.6) is 0 Å². The Hall–Kier alpha value is -2.15. The number of hydrogen-bond acceptors (Lipinski definition) is 4. The van der Waals surface area contributed by atoms with Crippen molar-refractivity contribution in [3.63, 3.8) is 0 Å². The van der Waals surface area contributed by atoms with E-state index >= 15 is 0 Å². The Morgan fingerprint density at radius 1 is 1.37 bits per heavy atom. The van der Waals surface area contributed by atoms with Gasteiger partial charge in [-0.05, 0) is 24.7 Å². The predicted molar refractivity (Wildman–Crippen MR) is 70.8 cm³/mol. The van der Waals surface area contributed by atoms with E-state index in [1.54, 1.807) is 11.8 Å². The molecule has 0 aliphatic carbocycles. The van der Waals surface area contributed by atoms with Crippen LogP contribution in [0.4, 0.5) is 15.8 Å². The van der Waals surface area contributed by atoms with Crippen LogP contribution in [0.25, 0.3) is 0 Å². The van der Waals surface area contributed by atoms with Gasteiger partial charge in [0.1, 0.15) is 5.82 Å². The lowest BCUT2D eigenvalue weighted by Crippen LogP contribution is -2.39. The van der Waals surface area contributed by atoms with Gasteiger partial charge in [-0.25, -0.2) is 4.39 Å². The zero-order valence-corrected chi connectivity index (χ0v) is 10.6. The lowest BCUT2D eigenvalue weighted by Gasteiger charge is -2.18. The lowest BCUT2D eigenvalue weighted by molar-refractivity contribution is -0.121. The number of carbonyl (C=O) groups is 2. The summed E-state index contributed by atoms with van der Waals surface area (Å²) in [6, 6.07) is 3.71. The monoisotopic (exact) mass is 268 g/mol. The molecule has 0 aromatic heterocycles. The standard InChI is InChI=1S/C12H17FN4O2/c1-2-17(6-11(15)18)7-12(19)16-10-5-8(13)3-4-9(10)14/h3-5H,2,6-7,14H2,1H3,(H2,15,18)(H,16,19). The van der Waals surface area contributed by atoms with Crippen LogP contribution < -0.4 is 16.8 Å². The zero-order valence-electron chi connectivity index (χ0n) is 10.6. The molecule has 0 fully saturated rings. The first-order valence-corrected chi connectivity index (χ1v) is 5.78. The molecule has 0 spiro atoms. The molecule has 0 heterocycles. The first kappa shape index (κ1) is 14.9. The molecule has 0 unspecified atom stereocenters. The van der Waals surface area contributed by atoms with Crippen LogP contribution in [0.3, 0.4) is 0 Å². The summed E-state index contributed by atoms with van der Waals surface area (Å²) in [4.78, 5) is 24.1. The van der Waals surface area contributed by atoms with Crippen LogP contribution >= 0.6 is 0 Å². The second-order valence-electron chi connectivity index (χ2n) is 4.05. The molecule has 1 aromatic carbocycles. The van der Waals surface area contributed by atoms with Gasteiger partial charge in [0.15, 0.2) is 0 Å². The predicted octanol–water partition coefficient (Wildman–Crippen LogP) is 0.154. The largest absolute Gasteiger partial charge is 0.397 e. The van der Waals surface area contributed by atoms with E-state index in [1.165, 1.54) is 12.1 Å². The number of nitrogens with one attached hydrogen (secondary N) is 1. The minimum atomic E-state index is -0.514. The molecule has 0 radical (unpaired) electrons. The number of primary amides is 1. The van der Waals surface area contributed by atoms with Gasteiger partial charge in [-0.15, -0.1) is 0 Å². The first-order valence-electron chi connectivity index (χ1n) is 5.78. The fourth-order valence-corrected chi connectivity index (χ4v) is 1.53. The smallest absolute Gasteiger partial charge is 0.238 e. The Kier molecular flexibility index (Phi) is 5.25. The van der Waals surface area contributed by atoms with Gasteiger partial charge >= 0.3 is 0 Å². The molecule has 0 bridgehead atoms. The molecule has 5 N–H and O–H groups in total. The summed E-state index contributed by atoms with van der Waals surface area (Å²) in [5, 5.41) is 2.49. The number of benzene rings is 1. The maximum atomic E-state index is 13.0. The SMILES string of the molecule is CCN(CC(N)=O)CC(=O)Nc1cc(F)ccc1N. The van der Waals surface area contributed by atoms with Crippen LogP contribution in [-0.2, 0) is 9.59 Å². The van der Waals surface area contributed by atoms with Crippen LogP contribution in [0, 0.1) is 5.82 Å². The summed E-state index contributed by atoms with van der Waals surface area (Å²) < 4.78 is 13.0. The minimum absolute atomic E-state index is 0.0114. The number of nitrogens with two attached hydrogens (primary N) is 2. The van der Waals surface area contributed by atoms with E-state index in [9.17, 15) is 14.0 Å². The Morgan fingerprint density at radius 2 is 2.05 bits per heavy atom. The molecule has 6 nitrogen and oxygen atoms in total. The van der Waals surface area contributed by atoms with Crippen molar-refractivity contribution in [2.24, 2.45) is 5.73 Å². The van der Waals surface area contributed by atoms with Gasteiger partial charge in [-0.2, -0.15) is 0 Å². The van der Waals surface area contributed by atoms with Crippen LogP contribution in [-0.4, -0.2) is 36.3 Å². The number of likely N-dealkylation sites (N-methyl/N-ethyl adjacent to an activating group) is 1. The molecule has 0 saturated carbocycles. The fourth-order valence-electron chi connectivity index (χ4n) is 1.53. The van der Waals surface area contributed by atoms with Crippen molar-refractivity contribution in [1.82, 2.24) is 4.90 Å². The van der Waals surface area contributed by atoms with E-state index in [0.717, 1.165) is 6.07 Å². The number of carbonyl (C=O) groups excluding carboxylic acids is 2. The van der Waals surface area contributed by atoms with Gasteiger partial charge in [0, 0.05) is 0 Å². The maximum Gasteiger partial charge on any atom is 0.238 e. The third-order valence-electron chi connectivity index (χ3n) is 2.48. The average molecular weight is 268 g/mol. The van der Waals surface area contributed by atoms with Crippen molar-refractivity contribution in [2.45, 2.75) is 6.92 Å². The van der Waals surface area contributed by atoms with Crippen LogP contribution in [0.2, 0.25) is 0 Å². The average Bonchev–Trinajstić information content (AvgIpc) is 2.32. The highest BCUT2D eigenvalue weighted by atomic mass is 19.1. The molecule has 104 valence electrons. The molecule has 0 saturated heterocycles. The Labute approximate surface area is 110 Å². The Morgan fingerprint density at radius 3 is 2.63 bits per heavy atom. The topological polar surface area (TPSA) is 101 Å². The van der Waals surface area contributed by atoms with Crippen LogP contribution in [0.15, 0.2) is 18.2 Å². The van der Waals surface area contributed by atoms with Crippen molar-refractivity contribution in [1.29, 1.82) is 0 Å². The third kappa shape index (κ3) is 4.92. The molecule has 19 heavy (non-hydrogen) atoms. The summed E-state index contributed by atoms with van der Waals surface area (Å²) in [7, 11) is 0. The molecular formula is C12H17FN4O2. The lowest BCUT2D eigenvalue weighted by atomic mass is 10.2. The second kappa shape index (κ2) is 6.69. The number of rotatable bonds is 6. The van der Waals surface area contributed by atoms with E-state index in [-0.39, 0.29) is 30.4 Å². The van der Waals surface area contributed by atoms with Crippen LogP contribution in [0.1, 0.15) is 6.92 Å². The highest BCUT2D eigenvalue weighted by Crippen LogP contribution is 2.18. The van der Waals surface area contributed by atoms with E-state index < -0.39 is 11.7 Å². The molecule has 0 aliphatic rings. The molecule has 2 amide bonds. The molecule has 0 aliphatic heterocycles. The fraction of sp³-hybridized carbons (Fsp3) is 0.333. The van der Waals surface area contributed by atoms with Gasteiger partial charge in [0.05, 0.1) is 24.5 Å². The minimum Gasteiger partial charge on any atom is -0.397 e. The summed E-state index contributed by atoms with van der Waals surface area (Å²) >= 11 is 0. The summed E-state index contributed by atoms with van der Waals surface area (Å²) in [6.45, 7) is 2.26. The number of hydrogen-bond donors (Lipinski definition) is 3. The second-order valence-corrected chi connectivity index (χ2v) is 4.05. The van der Waals surface area contributed by atoms with E-state index in [0.29, 0.717) is 6.54 Å². The molecular weight excluding hydrogens is 251 g/mol. The van der Waals surface area contributed by atoms with Gasteiger partial charge < -0.3 is 16.8 Å². The van der Waals surface area contributed by atoms with Gasteiger partial charge in [-0.3, -0.25) is 14.5 Å². The Balaban J connectivity index is 2.63. The van der Waals surface area contributed by atoms with Crippen molar-refractivity contribution >= 4 is 23.2 Å². The summed E-state index contributed by atoms with van der Waals surface area (Å²) in [5.41, 5.74) is 11.2. The van der Waals surface area contributed by atoms with Gasteiger partial charge in [-0.1, -0.05) is 6.92 Å².